The van der Waals surface area contributed by atoms with Crippen LogP contribution in [0.5, 0.6) is 17.2 Å². The van der Waals surface area contributed by atoms with E-state index in [1.165, 1.54) is 6.07 Å². The molecule has 0 aliphatic carbocycles. The molecule has 1 amide bonds. The van der Waals surface area contributed by atoms with Gasteiger partial charge in [-0.3, -0.25) is 9.89 Å². The number of nitrogens with one attached hydrogen (secondary N) is 2. The van der Waals surface area contributed by atoms with Crippen molar-refractivity contribution in [3.8, 4) is 17.2 Å². The van der Waals surface area contributed by atoms with Gasteiger partial charge in [0.2, 0.25) is 0 Å². The smallest absolute Gasteiger partial charge is 0.387 e. The topological polar surface area (TPSA) is 85.5 Å². The lowest BCUT2D eigenvalue weighted by molar-refractivity contribution is -0.0508. The first-order valence-electron chi connectivity index (χ1n) is 11.6. The molecule has 0 saturated carbocycles. The minimum Gasteiger partial charge on any atom is -0.493 e. The SMILES string of the molecule is CCOc1ccc2ccccc2c1C(=O)Nc1n[nH]c2ccc(OCc3ccccc3OC(F)F)cc12. The standard InChI is InChI=1S/C28H23F2N3O4/c1-2-35-24-14-11-17-7-3-5-9-20(17)25(24)27(34)31-26-21-15-19(12-13-22(21)32-33-26)36-16-18-8-4-6-10-23(18)37-28(29)30/h3-15,28H,2,16H2,1H3,(H2,31,32,33,34). The summed E-state index contributed by atoms with van der Waals surface area (Å²) in [6.45, 7) is -0.644. The van der Waals surface area contributed by atoms with Crippen molar-refractivity contribution in [3.05, 3.63) is 90.0 Å². The van der Waals surface area contributed by atoms with Gasteiger partial charge in [0.05, 0.1) is 17.7 Å². The van der Waals surface area contributed by atoms with Gasteiger partial charge in [0, 0.05) is 10.9 Å². The number of anilines is 1. The Balaban J connectivity index is 1.41. The molecular formula is C28H23F2N3O4. The lowest BCUT2D eigenvalue weighted by Gasteiger charge is -2.13. The van der Waals surface area contributed by atoms with E-state index in [1.807, 2.05) is 37.3 Å². The lowest BCUT2D eigenvalue weighted by Crippen LogP contribution is -2.15. The van der Waals surface area contributed by atoms with Crippen molar-refractivity contribution in [2.24, 2.45) is 0 Å². The molecule has 37 heavy (non-hydrogen) atoms. The van der Waals surface area contributed by atoms with Crippen LogP contribution in [0.2, 0.25) is 0 Å². The largest absolute Gasteiger partial charge is 0.493 e. The number of H-pyrrole nitrogens is 1. The number of ether oxygens (including phenoxy) is 3. The van der Waals surface area contributed by atoms with Crippen molar-refractivity contribution >= 4 is 33.4 Å². The van der Waals surface area contributed by atoms with E-state index in [4.69, 9.17) is 9.47 Å². The van der Waals surface area contributed by atoms with E-state index in [1.54, 1.807) is 42.5 Å². The molecule has 0 spiro atoms. The molecule has 0 unspecified atom stereocenters. The average molecular weight is 504 g/mol. The zero-order valence-electron chi connectivity index (χ0n) is 19.8. The van der Waals surface area contributed by atoms with Crippen molar-refractivity contribution < 1.29 is 27.8 Å². The van der Waals surface area contributed by atoms with Crippen molar-refractivity contribution in [1.82, 2.24) is 10.2 Å². The van der Waals surface area contributed by atoms with Crippen LogP contribution in [0.1, 0.15) is 22.8 Å². The van der Waals surface area contributed by atoms with Gasteiger partial charge in [-0.05, 0) is 48.0 Å². The summed E-state index contributed by atoms with van der Waals surface area (Å²) in [4.78, 5) is 13.4. The molecule has 5 aromatic rings. The van der Waals surface area contributed by atoms with Gasteiger partial charge < -0.3 is 19.5 Å². The summed E-state index contributed by atoms with van der Waals surface area (Å²) in [7, 11) is 0. The van der Waals surface area contributed by atoms with Gasteiger partial charge in [0.25, 0.3) is 5.91 Å². The third-order valence-corrected chi connectivity index (χ3v) is 5.77. The fraction of sp³-hybridized carbons (Fsp3) is 0.143. The highest BCUT2D eigenvalue weighted by molar-refractivity contribution is 6.16. The van der Waals surface area contributed by atoms with Crippen molar-refractivity contribution in [2.45, 2.75) is 20.1 Å². The maximum Gasteiger partial charge on any atom is 0.387 e. The van der Waals surface area contributed by atoms with E-state index in [9.17, 15) is 13.6 Å². The molecule has 2 N–H and O–H groups in total. The van der Waals surface area contributed by atoms with E-state index in [-0.39, 0.29) is 18.3 Å². The zero-order valence-corrected chi connectivity index (χ0v) is 19.8. The van der Waals surface area contributed by atoms with Crippen LogP contribution in [0.3, 0.4) is 0 Å². The third-order valence-electron chi connectivity index (χ3n) is 5.77. The second-order valence-electron chi connectivity index (χ2n) is 8.10. The summed E-state index contributed by atoms with van der Waals surface area (Å²) >= 11 is 0. The molecular weight excluding hydrogens is 480 g/mol. The summed E-state index contributed by atoms with van der Waals surface area (Å²) in [5, 5.41) is 12.3. The maximum atomic E-state index is 13.4. The van der Waals surface area contributed by atoms with Crippen LogP contribution in [0, 0.1) is 0 Å². The van der Waals surface area contributed by atoms with Crippen LogP contribution in [0.25, 0.3) is 21.7 Å². The molecule has 0 saturated heterocycles. The minimum absolute atomic E-state index is 0.0155. The van der Waals surface area contributed by atoms with E-state index in [0.717, 1.165) is 10.8 Å². The molecule has 0 atom stereocenters. The Bertz CT molecular complexity index is 1570. The second kappa shape index (κ2) is 10.5. The van der Waals surface area contributed by atoms with Gasteiger partial charge in [0.15, 0.2) is 5.82 Å². The van der Waals surface area contributed by atoms with E-state index in [2.05, 4.69) is 20.3 Å². The van der Waals surface area contributed by atoms with E-state index in [0.29, 0.717) is 46.0 Å². The first-order chi connectivity index (χ1) is 18.0. The van der Waals surface area contributed by atoms with Gasteiger partial charge in [-0.25, -0.2) is 0 Å². The van der Waals surface area contributed by atoms with Gasteiger partial charge >= 0.3 is 6.61 Å². The van der Waals surface area contributed by atoms with Crippen LogP contribution < -0.4 is 19.5 Å². The lowest BCUT2D eigenvalue weighted by atomic mass is 10.0. The van der Waals surface area contributed by atoms with E-state index < -0.39 is 6.61 Å². The number of aromatic nitrogens is 2. The Labute approximate surface area is 211 Å². The number of halogens is 2. The van der Waals surface area contributed by atoms with Crippen LogP contribution in [0.15, 0.2) is 78.9 Å². The highest BCUT2D eigenvalue weighted by atomic mass is 19.3. The molecule has 0 aliphatic rings. The summed E-state index contributed by atoms with van der Waals surface area (Å²) in [6.07, 6.45) is 0. The van der Waals surface area contributed by atoms with Gasteiger partial charge in [0.1, 0.15) is 23.9 Å². The number of amides is 1. The highest BCUT2D eigenvalue weighted by Crippen LogP contribution is 2.31. The molecule has 0 aliphatic heterocycles. The van der Waals surface area contributed by atoms with Crippen molar-refractivity contribution in [1.29, 1.82) is 0 Å². The minimum atomic E-state index is -2.93. The monoisotopic (exact) mass is 503 g/mol. The number of aromatic amines is 1. The normalized spacial score (nSPS) is 11.1. The summed E-state index contributed by atoms with van der Waals surface area (Å²) in [5.41, 5.74) is 1.58. The van der Waals surface area contributed by atoms with Crippen molar-refractivity contribution in [2.75, 3.05) is 11.9 Å². The molecule has 0 radical (unpaired) electrons. The highest BCUT2D eigenvalue weighted by Gasteiger charge is 2.19. The average Bonchev–Trinajstić information content (AvgIpc) is 3.29. The number of nitrogens with zero attached hydrogens (tertiary/aromatic N) is 1. The number of hydrogen-bond donors (Lipinski definition) is 2. The Kier molecular flexibility index (Phi) is 6.85. The first kappa shape index (κ1) is 24.1. The quantitative estimate of drug-likeness (QED) is 0.238. The summed E-state index contributed by atoms with van der Waals surface area (Å²) in [6, 6.07) is 22.9. The predicted octanol–water partition coefficient (Wildman–Crippen LogP) is 6.55. The Morgan fingerprint density at radius 2 is 1.76 bits per heavy atom. The fourth-order valence-electron chi connectivity index (χ4n) is 4.10. The molecule has 188 valence electrons. The van der Waals surface area contributed by atoms with Crippen LogP contribution in [-0.4, -0.2) is 29.3 Å². The zero-order chi connectivity index (χ0) is 25.8. The number of hydrogen-bond acceptors (Lipinski definition) is 5. The number of para-hydroxylation sites is 1. The molecule has 0 fully saturated rings. The number of rotatable bonds is 9. The molecule has 9 heteroatoms. The molecule has 1 heterocycles. The first-order valence-corrected chi connectivity index (χ1v) is 11.6. The number of alkyl halides is 2. The second-order valence-corrected chi connectivity index (χ2v) is 8.10. The maximum absolute atomic E-state index is 13.4. The van der Waals surface area contributed by atoms with E-state index >= 15 is 0 Å². The van der Waals surface area contributed by atoms with Crippen LogP contribution >= 0.6 is 0 Å². The molecule has 4 aromatic carbocycles. The Morgan fingerprint density at radius 1 is 0.946 bits per heavy atom. The Hall–Kier alpha value is -4.66. The molecule has 1 aromatic heterocycles. The fourth-order valence-corrected chi connectivity index (χ4v) is 4.10. The van der Waals surface area contributed by atoms with Gasteiger partial charge in [-0.2, -0.15) is 13.9 Å². The summed E-state index contributed by atoms with van der Waals surface area (Å²) in [5.74, 6) is 0.957. The van der Waals surface area contributed by atoms with Gasteiger partial charge in [-0.15, -0.1) is 0 Å². The Morgan fingerprint density at radius 3 is 2.59 bits per heavy atom. The molecule has 0 bridgehead atoms. The molecule has 7 nitrogen and oxygen atoms in total. The van der Waals surface area contributed by atoms with Crippen LogP contribution in [-0.2, 0) is 6.61 Å². The molecule has 5 rings (SSSR count). The van der Waals surface area contributed by atoms with Crippen molar-refractivity contribution in [3.63, 3.8) is 0 Å². The number of carbonyl (C=O) groups is 1. The number of fused-ring (bicyclic) bond motifs is 2. The predicted molar refractivity (Wildman–Crippen MR) is 137 cm³/mol. The summed E-state index contributed by atoms with van der Waals surface area (Å²) < 4.78 is 41.6. The number of carbonyl (C=O) groups excluding carboxylic acids is 1. The number of benzene rings is 4. The van der Waals surface area contributed by atoms with Crippen LogP contribution in [0.4, 0.5) is 14.6 Å². The van der Waals surface area contributed by atoms with Gasteiger partial charge in [-0.1, -0.05) is 48.5 Å². The third kappa shape index (κ3) is 5.16.